The van der Waals surface area contributed by atoms with Gasteiger partial charge in [-0.3, -0.25) is 0 Å². The van der Waals surface area contributed by atoms with Gasteiger partial charge in [-0.2, -0.15) is 0 Å². The Kier molecular flexibility index (Phi) is 3.17. The van der Waals surface area contributed by atoms with Crippen molar-refractivity contribution in [3.63, 3.8) is 0 Å². The van der Waals surface area contributed by atoms with E-state index in [4.69, 9.17) is 22.1 Å². The number of nitrogens with two attached hydrogens (primary N) is 1. The summed E-state index contributed by atoms with van der Waals surface area (Å²) in [5.41, 5.74) is 7.85. The van der Waals surface area contributed by atoms with E-state index in [0.29, 0.717) is 17.2 Å². The van der Waals surface area contributed by atoms with Crippen LogP contribution in [0.5, 0.6) is 5.75 Å². The maximum Gasteiger partial charge on any atom is 0.126 e. The largest absolute Gasteiger partial charge is 0.485 e. The highest BCUT2D eigenvalue weighted by molar-refractivity contribution is 6.30. The van der Waals surface area contributed by atoms with E-state index in [0.717, 1.165) is 11.1 Å². The second-order valence-electron chi connectivity index (χ2n) is 4.68. The zero-order chi connectivity index (χ0) is 13.4. The van der Waals surface area contributed by atoms with Gasteiger partial charge in [-0.1, -0.05) is 23.7 Å². The average molecular weight is 278 g/mol. The summed E-state index contributed by atoms with van der Waals surface area (Å²) < 4.78 is 19.1. The Bertz CT molecular complexity index is 600. The molecular formula is C15H13ClFNO. The molecule has 2 nitrogen and oxygen atoms in total. The van der Waals surface area contributed by atoms with Gasteiger partial charge in [-0.05, 0) is 35.9 Å². The van der Waals surface area contributed by atoms with Crippen LogP contribution in [-0.4, -0.2) is 0 Å². The van der Waals surface area contributed by atoms with Crippen molar-refractivity contribution in [2.45, 2.75) is 18.6 Å². The lowest BCUT2D eigenvalue weighted by atomic mass is 9.93. The first-order valence-electron chi connectivity index (χ1n) is 6.10. The third kappa shape index (κ3) is 2.44. The predicted octanol–water partition coefficient (Wildman–Crippen LogP) is 4.00. The first-order chi connectivity index (χ1) is 9.13. The lowest BCUT2D eigenvalue weighted by Crippen LogP contribution is -2.24. The number of hydrogen-bond donors (Lipinski definition) is 1. The van der Waals surface area contributed by atoms with E-state index in [9.17, 15) is 4.39 Å². The van der Waals surface area contributed by atoms with E-state index >= 15 is 0 Å². The van der Waals surface area contributed by atoms with Crippen molar-refractivity contribution in [2.75, 3.05) is 0 Å². The van der Waals surface area contributed by atoms with Gasteiger partial charge in [0.05, 0.1) is 0 Å². The van der Waals surface area contributed by atoms with Gasteiger partial charge in [0.2, 0.25) is 0 Å². The van der Waals surface area contributed by atoms with Crippen molar-refractivity contribution < 1.29 is 9.13 Å². The summed E-state index contributed by atoms with van der Waals surface area (Å²) in [6.07, 6.45) is 0.503. The summed E-state index contributed by atoms with van der Waals surface area (Å²) in [5, 5.41) is 0.686. The van der Waals surface area contributed by atoms with Crippen molar-refractivity contribution in [3.8, 4) is 5.75 Å². The van der Waals surface area contributed by atoms with Crippen molar-refractivity contribution in [2.24, 2.45) is 5.73 Å². The molecule has 98 valence electrons. The Hall–Kier alpha value is -1.58. The van der Waals surface area contributed by atoms with Crippen LogP contribution in [0.15, 0.2) is 42.5 Å². The van der Waals surface area contributed by atoms with Crippen LogP contribution < -0.4 is 10.5 Å². The Balaban J connectivity index is 1.92. The van der Waals surface area contributed by atoms with Crippen molar-refractivity contribution in [3.05, 3.63) is 64.4 Å². The van der Waals surface area contributed by atoms with Crippen LogP contribution in [0.2, 0.25) is 5.02 Å². The number of hydrogen-bond acceptors (Lipinski definition) is 2. The van der Waals surface area contributed by atoms with Crippen LogP contribution >= 0.6 is 11.6 Å². The standard InChI is InChI=1S/C15H13ClFNO/c16-10-3-1-9(2-4-10)15-8-13(18)12-7-11(17)5-6-14(12)19-15/h1-7,13,15H,8,18H2/t13-,15?/m1/s1. The molecule has 4 heteroatoms. The van der Waals surface area contributed by atoms with Crippen LogP contribution in [0.3, 0.4) is 0 Å². The highest BCUT2D eigenvalue weighted by Crippen LogP contribution is 2.39. The van der Waals surface area contributed by atoms with Crippen molar-refractivity contribution in [1.29, 1.82) is 0 Å². The number of rotatable bonds is 1. The Morgan fingerprint density at radius 3 is 2.63 bits per heavy atom. The molecule has 1 heterocycles. The molecule has 1 unspecified atom stereocenters. The molecule has 2 aromatic carbocycles. The molecule has 0 bridgehead atoms. The third-order valence-electron chi connectivity index (χ3n) is 3.35. The predicted molar refractivity (Wildman–Crippen MR) is 72.8 cm³/mol. The summed E-state index contributed by atoms with van der Waals surface area (Å²) >= 11 is 5.87. The van der Waals surface area contributed by atoms with Crippen molar-refractivity contribution in [1.82, 2.24) is 0 Å². The fraction of sp³-hybridized carbons (Fsp3) is 0.200. The highest BCUT2D eigenvalue weighted by Gasteiger charge is 2.27. The molecule has 0 spiro atoms. The SMILES string of the molecule is N[C@@H]1CC(c2ccc(Cl)cc2)Oc2ccc(F)cc21. The van der Waals surface area contributed by atoms with E-state index in [1.807, 2.05) is 24.3 Å². The van der Waals surface area contributed by atoms with Gasteiger partial charge in [0.15, 0.2) is 0 Å². The topological polar surface area (TPSA) is 35.2 Å². The number of benzene rings is 2. The van der Waals surface area contributed by atoms with E-state index < -0.39 is 0 Å². The number of fused-ring (bicyclic) bond motifs is 1. The van der Waals surface area contributed by atoms with E-state index in [1.165, 1.54) is 12.1 Å². The summed E-state index contributed by atoms with van der Waals surface area (Å²) in [5.74, 6) is 0.364. The van der Waals surface area contributed by atoms with E-state index in [-0.39, 0.29) is 18.0 Å². The molecule has 2 N–H and O–H groups in total. The molecule has 0 saturated carbocycles. The van der Waals surface area contributed by atoms with E-state index in [1.54, 1.807) is 6.07 Å². The molecule has 0 fully saturated rings. The Labute approximate surface area is 115 Å². The molecular weight excluding hydrogens is 265 g/mol. The van der Waals surface area contributed by atoms with Gasteiger partial charge in [-0.25, -0.2) is 4.39 Å². The average Bonchev–Trinajstić information content (AvgIpc) is 2.40. The maximum absolute atomic E-state index is 13.2. The molecule has 3 rings (SSSR count). The normalized spacial score (nSPS) is 21.6. The first-order valence-corrected chi connectivity index (χ1v) is 6.48. The molecule has 1 aliphatic heterocycles. The molecule has 0 aromatic heterocycles. The molecule has 1 aliphatic rings. The summed E-state index contributed by atoms with van der Waals surface area (Å²) in [6.45, 7) is 0. The van der Waals surface area contributed by atoms with Gasteiger partial charge in [-0.15, -0.1) is 0 Å². The maximum atomic E-state index is 13.2. The second-order valence-corrected chi connectivity index (χ2v) is 5.12. The Morgan fingerprint density at radius 2 is 1.89 bits per heavy atom. The summed E-state index contributed by atoms with van der Waals surface area (Å²) in [6, 6.07) is 11.7. The molecule has 0 radical (unpaired) electrons. The lowest BCUT2D eigenvalue weighted by Gasteiger charge is -2.30. The quantitative estimate of drug-likeness (QED) is 0.855. The van der Waals surface area contributed by atoms with Crippen LogP contribution in [-0.2, 0) is 0 Å². The van der Waals surface area contributed by atoms with Crippen LogP contribution in [0, 0.1) is 5.82 Å². The fourth-order valence-electron chi connectivity index (χ4n) is 2.36. The van der Waals surface area contributed by atoms with Crippen LogP contribution in [0.25, 0.3) is 0 Å². The van der Waals surface area contributed by atoms with Crippen LogP contribution in [0.1, 0.15) is 29.7 Å². The zero-order valence-electron chi connectivity index (χ0n) is 10.1. The van der Waals surface area contributed by atoms with Crippen LogP contribution in [0.4, 0.5) is 4.39 Å². The molecule has 0 amide bonds. The monoisotopic (exact) mass is 277 g/mol. The summed E-state index contributed by atoms with van der Waals surface area (Å²) in [4.78, 5) is 0. The summed E-state index contributed by atoms with van der Waals surface area (Å²) in [7, 11) is 0. The van der Waals surface area contributed by atoms with Gasteiger partial charge >= 0.3 is 0 Å². The first kappa shape index (κ1) is 12.5. The van der Waals surface area contributed by atoms with Crippen molar-refractivity contribution >= 4 is 11.6 Å². The minimum atomic E-state index is -0.289. The highest BCUT2D eigenvalue weighted by atomic mass is 35.5. The second kappa shape index (κ2) is 4.83. The molecule has 0 saturated heterocycles. The van der Waals surface area contributed by atoms with Gasteiger partial charge in [0, 0.05) is 23.0 Å². The minimum Gasteiger partial charge on any atom is -0.485 e. The van der Waals surface area contributed by atoms with Gasteiger partial charge in [0.1, 0.15) is 17.7 Å². The number of halogens is 2. The molecule has 0 aliphatic carbocycles. The smallest absolute Gasteiger partial charge is 0.126 e. The molecule has 2 aromatic rings. The zero-order valence-corrected chi connectivity index (χ0v) is 10.9. The van der Waals surface area contributed by atoms with E-state index in [2.05, 4.69) is 0 Å². The molecule has 2 atom stereocenters. The third-order valence-corrected chi connectivity index (χ3v) is 3.60. The van der Waals surface area contributed by atoms with Gasteiger partial charge < -0.3 is 10.5 Å². The molecule has 19 heavy (non-hydrogen) atoms. The Morgan fingerprint density at radius 1 is 1.16 bits per heavy atom. The fourth-order valence-corrected chi connectivity index (χ4v) is 2.48. The van der Waals surface area contributed by atoms with Gasteiger partial charge in [0.25, 0.3) is 0 Å². The minimum absolute atomic E-state index is 0.120. The lowest BCUT2D eigenvalue weighted by molar-refractivity contribution is 0.161. The number of ether oxygens (including phenoxy) is 1.